The fourth-order valence-electron chi connectivity index (χ4n) is 0.811. The Kier molecular flexibility index (Phi) is 2.29. The summed E-state index contributed by atoms with van der Waals surface area (Å²) in [6.07, 6.45) is 1.69. The Hall–Kier alpha value is -0.830. The van der Waals surface area contributed by atoms with E-state index >= 15 is 0 Å². The van der Waals surface area contributed by atoms with Gasteiger partial charge in [0.1, 0.15) is 5.76 Å². The second kappa shape index (κ2) is 3.05. The zero-order chi connectivity index (χ0) is 8.43. The van der Waals surface area contributed by atoms with Crippen LogP contribution in [0.15, 0.2) is 10.6 Å². The highest BCUT2D eigenvalue weighted by atomic mass is 16.4. The van der Waals surface area contributed by atoms with Crippen molar-refractivity contribution in [2.24, 2.45) is 11.7 Å². The molecule has 1 atom stereocenters. The van der Waals surface area contributed by atoms with Crippen molar-refractivity contribution in [3.63, 3.8) is 0 Å². The fraction of sp³-hybridized carbons (Fsp3) is 0.625. The van der Waals surface area contributed by atoms with Crippen LogP contribution in [0.5, 0.6) is 0 Å². The number of aromatic nitrogens is 1. The molecule has 3 heteroatoms. The second-order valence-electron chi connectivity index (χ2n) is 3.08. The third kappa shape index (κ3) is 1.80. The van der Waals surface area contributed by atoms with Gasteiger partial charge in [0.25, 0.3) is 0 Å². The lowest BCUT2D eigenvalue weighted by atomic mass is 10.1. The first-order valence-electron chi connectivity index (χ1n) is 3.79. The highest BCUT2D eigenvalue weighted by Crippen LogP contribution is 2.17. The van der Waals surface area contributed by atoms with Gasteiger partial charge >= 0.3 is 0 Å². The van der Waals surface area contributed by atoms with E-state index in [2.05, 4.69) is 4.98 Å². The first kappa shape index (κ1) is 8.27. The molecular formula is C8H14N2O. The van der Waals surface area contributed by atoms with Crippen LogP contribution in [0.2, 0.25) is 0 Å². The molecule has 3 nitrogen and oxygen atoms in total. The lowest BCUT2D eigenvalue weighted by Gasteiger charge is -2.10. The summed E-state index contributed by atoms with van der Waals surface area (Å²) in [4.78, 5) is 4.05. The summed E-state index contributed by atoms with van der Waals surface area (Å²) < 4.78 is 5.27. The second-order valence-corrected chi connectivity index (χ2v) is 3.08. The van der Waals surface area contributed by atoms with E-state index in [0.29, 0.717) is 11.8 Å². The molecule has 1 heterocycles. The molecule has 1 aromatic rings. The highest BCUT2D eigenvalue weighted by Gasteiger charge is 2.14. The van der Waals surface area contributed by atoms with Crippen LogP contribution < -0.4 is 5.73 Å². The van der Waals surface area contributed by atoms with Crippen molar-refractivity contribution in [2.45, 2.75) is 26.8 Å². The topological polar surface area (TPSA) is 52.0 Å². The minimum Gasteiger partial charge on any atom is -0.444 e. The number of hydrogen-bond acceptors (Lipinski definition) is 3. The van der Waals surface area contributed by atoms with E-state index in [1.54, 1.807) is 6.20 Å². The van der Waals surface area contributed by atoms with Gasteiger partial charge in [-0.3, -0.25) is 0 Å². The maximum absolute atomic E-state index is 5.79. The average molecular weight is 154 g/mol. The number of aryl methyl sites for hydroxylation is 1. The molecule has 0 bridgehead atoms. The Morgan fingerprint density at radius 2 is 2.18 bits per heavy atom. The van der Waals surface area contributed by atoms with Crippen LogP contribution in [0.4, 0.5) is 0 Å². The largest absolute Gasteiger partial charge is 0.444 e. The quantitative estimate of drug-likeness (QED) is 0.704. The smallest absolute Gasteiger partial charge is 0.211 e. The van der Waals surface area contributed by atoms with Crippen molar-refractivity contribution in [3.8, 4) is 0 Å². The predicted molar refractivity (Wildman–Crippen MR) is 43.0 cm³/mol. The zero-order valence-electron chi connectivity index (χ0n) is 7.16. The summed E-state index contributed by atoms with van der Waals surface area (Å²) in [5.41, 5.74) is 5.79. The summed E-state index contributed by atoms with van der Waals surface area (Å²) >= 11 is 0. The molecule has 0 saturated heterocycles. The molecule has 0 spiro atoms. The van der Waals surface area contributed by atoms with Crippen molar-refractivity contribution >= 4 is 0 Å². The third-order valence-electron chi connectivity index (χ3n) is 1.64. The zero-order valence-corrected chi connectivity index (χ0v) is 7.16. The van der Waals surface area contributed by atoms with Crippen molar-refractivity contribution in [1.29, 1.82) is 0 Å². The highest BCUT2D eigenvalue weighted by molar-refractivity contribution is 4.95. The van der Waals surface area contributed by atoms with Crippen LogP contribution in [0, 0.1) is 12.8 Å². The van der Waals surface area contributed by atoms with E-state index in [4.69, 9.17) is 10.2 Å². The van der Waals surface area contributed by atoms with Crippen molar-refractivity contribution in [3.05, 3.63) is 17.8 Å². The molecule has 0 fully saturated rings. The maximum atomic E-state index is 5.79. The number of nitrogens with zero attached hydrogens (tertiary/aromatic N) is 1. The summed E-state index contributed by atoms with van der Waals surface area (Å²) in [6, 6.07) is -0.0799. The summed E-state index contributed by atoms with van der Waals surface area (Å²) in [5.74, 6) is 1.82. The molecule has 0 radical (unpaired) electrons. The number of nitrogens with two attached hydrogens (primary N) is 1. The molecule has 2 N–H and O–H groups in total. The molecule has 62 valence electrons. The molecule has 0 saturated carbocycles. The third-order valence-corrected chi connectivity index (χ3v) is 1.64. The van der Waals surface area contributed by atoms with Gasteiger partial charge in [-0.1, -0.05) is 13.8 Å². The van der Waals surface area contributed by atoms with Gasteiger partial charge < -0.3 is 10.2 Å². The van der Waals surface area contributed by atoms with Crippen LogP contribution in [0.25, 0.3) is 0 Å². The predicted octanol–water partition coefficient (Wildman–Crippen LogP) is 1.64. The van der Waals surface area contributed by atoms with Crippen LogP contribution >= 0.6 is 0 Å². The Balaban J connectivity index is 2.76. The van der Waals surface area contributed by atoms with Gasteiger partial charge in [0.15, 0.2) is 0 Å². The van der Waals surface area contributed by atoms with Crippen LogP contribution in [-0.4, -0.2) is 4.98 Å². The summed E-state index contributed by atoms with van der Waals surface area (Å²) in [7, 11) is 0. The molecular weight excluding hydrogens is 140 g/mol. The van der Waals surface area contributed by atoms with E-state index in [0.717, 1.165) is 5.76 Å². The molecule has 0 aromatic carbocycles. The van der Waals surface area contributed by atoms with E-state index in [1.807, 2.05) is 20.8 Å². The number of oxazole rings is 1. The van der Waals surface area contributed by atoms with Crippen molar-refractivity contribution < 1.29 is 4.42 Å². The van der Waals surface area contributed by atoms with Crippen molar-refractivity contribution in [1.82, 2.24) is 4.98 Å². The van der Waals surface area contributed by atoms with E-state index in [1.165, 1.54) is 0 Å². The van der Waals surface area contributed by atoms with E-state index in [-0.39, 0.29) is 6.04 Å². The Morgan fingerprint density at radius 1 is 1.55 bits per heavy atom. The lowest BCUT2D eigenvalue weighted by molar-refractivity contribution is 0.378. The van der Waals surface area contributed by atoms with Gasteiger partial charge in [0.2, 0.25) is 5.89 Å². The Morgan fingerprint density at radius 3 is 2.55 bits per heavy atom. The van der Waals surface area contributed by atoms with Gasteiger partial charge in [0, 0.05) is 0 Å². The Labute approximate surface area is 66.6 Å². The minimum atomic E-state index is -0.0799. The van der Waals surface area contributed by atoms with Gasteiger partial charge in [0.05, 0.1) is 12.2 Å². The van der Waals surface area contributed by atoms with Crippen LogP contribution in [0.3, 0.4) is 0 Å². The molecule has 0 amide bonds. The fourth-order valence-corrected chi connectivity index (χ4v) is 0.811. The van der Waals surface area contributed by atoms with Gasteiger partial charge in [-0.15, -0.1) is 0 Å². The summed E-state index contributed by atoms with van der Waals surface area (Å²) in [6.45, 7) is 5.96. The van der Waals surface area contributed by atoms with E-state index in [9.17, 15) is 0 Å². The van der Waals surface area contributed by atoms with Gasteiger partial charge in [-0.05, 0) is 12.8 Å². The molecule has 11 heavy (non-hydrogen) atoms. The summed E-state index contributed by atoms with van der Waals surface area (Å²) in [5, 5.41) is 0. The molecule has 1 unspecified atom stereocenters. The lowest BCUT2D eigenvalue weighted by Crippen LogP contribution is -2.16. The molecule has 0 aliphatic heterocycles. The normalized spacial score (nSPS) is 13.9. The monoisotopic (exact) mass is 154 g/mol. The van der Waals surface area contributed by atoms with E-state index < -0.39 is 0 Å². The van der Waals surface area contributed by atoms with Gasteiger partial charge in [-0.2, -0.15) is 0 Å². The average Bonchev–Trinajstić information content (AvgIpc) is 2.34. The van der Waals surface area contributed by atoms with Crippen LogP contribution in [-0.2, 0) is 0 Å². The number of hydrogen-bond donors (Lipinski definition) is 1. The number of rotatable bonds is 2. The molecule has 0 aliphatic rings. The SMILES string of the molecule is Cc1cnc(C(N)C(C)C)o1. The maximum Gasteiger partial charge on any atom is 0.211 e. The van der Waals surface area contributed by atoms with Gasteiger partial charge in [-0.25, -0.2) is 4.98 Å². The minimum absolute atomic E-state index is 0.0799. The first-order chi connectivity index (χ1) is 5.11. The van der Waals surface area contributed by atoms with Crippen LogP contribution in [0.1, 0.15) is 31.5 Å². The Bertz CT molecular complexity index is 230. The first-order valence-corrected chi connectivity index (χ1v) is 3.79. The molecule has 1 aromatic heterocycles. The molecule has 1 rings (SSSR count). The standard InChI is InChI=1S/C8H14N2O/c1-5(2)7(9)8-10-4-6(3)11-8/h4-5,7H,9H2,1-3H3. The van der Waals surface area contributed by atoms with Crippen molar-refractivity contribution in [2.75, 3.05) is 0 Å². The molecule has 0 aliphatic carbocycles.